The molecule has 2 saturated heterocycles. The summed E-state index contributed by atoms with van der Waals surface area (Å²) < 4.78 is 39.3. The van der Waals surface area contributed by atoms with E-state index in [9.17, 15) is 18.0 Å². The van der Waals surface area contributed by atoms with E-state index in [1.165, 1.54) is 0 Å². The number of amides is 1. The molecule has 1 aliphatic carbocycles. The van der Waals surface area contributed by atoms with Crippen LogP contribution in [0.1, 0.15) is 32.1 Å². The van der Waals surface area contributed by atoms with Gasteiger partial charge in [-0.1, -0.05) is 22.0 Å². The predicted octanol–water partition coefficient (Wildman–Crippen LogP) is 4.17. The first-order valence-corrected chi connectivity index (χ1v) is 10.7. The third-order valence-electron chi connectivity index (χ3n) is 5.66. The van der Waals surface area contributed by atoms with Gasteiger partial charge in [0.05, 0.1) is 17.9 Å². The lowest BCUT2D eigenvalue weighted by Gasteiger charge is -2.39. The summed E-state index contributed by atoms with van der Waals surface area (Å²) in [6.45, 7) is 0.616. The summed E-state index contributed by atoms with van der Waals surface area (Å²) >= 11 is 5.50. The van der Waals surface area contributed by atoms with Crippen LogP contribution in [0.3, 0.4) is 0 Å². The molecule has 4 rings (SSSR count). The van der Waals surface area contributed by atoms with Crippen molar-refractivity contribution in [1.82, 2.24) is 4.90 Å². The van der Waals surface area contributed by atoms with Crippen molar-refractivity contribution in [2.75, 3.05) is 12.3 Å². The van der Waals surface area contributed by atoms with E-state index < -0.39 is 18.1 Å². The van der Waals surface area contributed by atoms with Gasteiger partial charge in [-0.15, -0.1) is 0 Å². The first-order valence-electron chi connectivity index (χ1n) is 8.75. The lowest BCUT2D eigenvalue weighted by molar-refractivity contribution is -0.187. The van der Waals surface area contributed by atoms with Gasteiger partial charge in [0.2, 0.25) is 5.91 Å². The number of hydrogen-bond donors (Lipinski definition) is 0. The van der Waals surface area contributed by atoms with Crippen LogP contribution < -0.4 is 0 Å². The van der Waals surface area contributed by atoms with Crippen LogP contribution in [0, 0.1) is 11.8 Å². The molecule has 0 N–H and O–H groups in total. The number of rotatable bonds is 1. The van der Waals surface area contributed by atoms with E-state index in [2.05, 4.69) is 27.0 Å². The maximum Gasteiger partial charge on any atom is 0.391 e. The molecule has 0 aromatic heterocycles. The monoisotopic (exact) mass is 436 g/mol. The second-order valence-electron chi connectivity index (χ2n) is 7.31. The highest BCUT2D eigenvalue weighted by Crippen LogP contribution is 2.44. The number of amidine groups is 1. The molecule has 0 aromatic carbocycles. The summed E-state index contributed by atoms with van der Waals surface area (Å²) in [6, 6.07) is -0.513. The Kier molecular flexibility index (Phi) is 4.71. The Morgan fingerprint density at radius 2 is 2.08 bits per heavy atom. The number of thioether (sulfide) groups is 1. The molecule has 8 heteroatoms. The van der Waals surface area contributed by atoms with Crippen molar-refractivity contribution in [3.05, 3.63) is 11.6 Å². The standard InChI is InChI=1S/C17H20BrF3N2OS/c18-11-7-12(25-8-11)5-9-3-4-23-15(9)22-14-6-10(17(19,20)21)1-2-13(14)16(23)24/h5,10-14H,1-4,6-8H2/b9-5+. The van der Waals surface area contributed by atoms with Crippen LogP contribution in [-0.4, -0.2) is 51.2 Å². The molecular weight excluding hydrogens is 417 g/mol. The van der Waals surface area contributed by atoms with E-state index in [1.54, 1.807) is 4.90 Å². The van der Waals surface area contributed by atoms with E-state index in [1.807, 2.05) is 11.8 Å². The molecule has 3 fully saturated rings. The van der Waals surface area contributed by atoms with E-state index >= 15 is 0 Å². The van der Waals surface area contributed by atoms with Crippen LogP contribution in [0.5, 0.6) is 0 Å². The normalized spacial score (nSPS) is 40.2. The average Bonchev–Trinajstić information content (AvgIpc) is 3.13. The molecule has 1 saturated carbocycles. The summed E-state index contributed by atoms with van der Waals surface area (Å²) in [4.78, 5) is 19.6. The van der Waals surface area contributed by atoms with Gasteiger partial charge in [-0.2, -0.15) is 24.9 Å². The first kappa shape index (κ1) is 17.9. The van der Waals surface area contributed by atoms with Gasteiger partial charge in [0.1, 0.15) is 5.84 Å². The van der Waals surface area contributed by atoms with Crippen molar-refractivity contribution in [1.29, 1.82) is 0 Å². The fraction of sp³-hybridized carbons (Fsp3) is 0.765. The molecule has 3 aliphatic heterocycles. The maximum atomic E-state index is 13.1. The minimum Gasteiger partial charge on any atom is -0.296 e. The fourth-order valence-corrected chi connectivity index (χ4v) is 6.67. The lowest BCUT2D eigenvalue weighted by atomic mass is 9.76. The molecule has 0 aromatic rings. The van der Waals surface area contributed by atoms with Gasteiger partial charge in [-0.3, -0.25) is 14.7 Å². The third kappa shape index (κ3) is 3.40. The SMILES string of the molecule is O=C1C2CCC(C(F)(F)F)CC2N=C2/C(=C/C3CC(Br)CS3)CCN12. The Hall–Kier alpha value is -0.500. The summed E-state index contributed by atoms with van der Waals surface area (Å²) in [5, 5.41) is 0.393. The lowest BCUT2D eigenvalue weighted by Crippen LogP contribution is -2.50. The number of aliphatic imine (C=N–C) groups is 1. The molecule has 0 radical (unpaired) electrons. The average molecular weight is 437 g/mol. The molecule has 0 bridgehead atoms. The Morgan fingerprint density at radius 3 is 2.76 bits per heavy atom. The Morgan fingerprint density at radius 1 is 1.28 bits per heavy atom. The van der Waals surface area contributed by atoms with E-state index in [-0.39, 0.29) is 24.7 Å². The highest BCUT2D eigenvalue weighted by molar-refractivity contribution is 9.09. The number of carbonyl (C=O) groups is 1. The second kappa shape index (κ2) is 6.59. The van der Waals surface area contributed by atoms with Crippen LogP contribution in [0.15, 0.2) is 16.6 Å². The van der Waals surface area contributed by atoms with E-state index in [0.717, 1.165) is 24.2 Å². The minimum absolute atomic E-state index is 0.0172. The number of hydrogen-bond acceptors (Lipinski definition) is 3. The smallest absolute Gasteiger partial charge is 0.296 e. The predicted molar refractivity (Wildman–Crippen MR) is 96.1 cm³/mol. The molecule has 0 spiro atoms. The van der Waals surface area contributed by atoms with Gasteiger partial charge in [0.15, 0.2) is 0 Å². The number of carbonyl (C=O) groups excluding carboxylic acids is 1. The van der Waals surface area contributed by atoms with Crippen molar-refractivity contribution in [3.8, 4) is 0 Å². The van der Waals surface area contributed by atoms with E-state index in [4.69, 9.17) is 0 Å². The Bertz CT molecular complexity index is 636. The molecule has 1 amide bonds. The molecule has 138 valence electrons. The summed E-state index contributed by atoms with van der Waals surface area (Å²) in [5.74, 6) is -0.00823. The molecule has 25 heavy (non-hydrogen) atoms. The minimum atomic E-state index is -4.19. The first-order chi connectivity index (χ1) is 11.8. The van der Waals surface area contributed by atoms with Gasteiger partial charge in [-0.25, -0.2) is 0 Å². The molecule has 4 aliphatic rings. The molecule has 3 nitrogen and oxygen atoms in total. The zero-order valence-corrected chi connectivity index (χ0v) is 16.0. The highest BCUT2D eigenvalue weighted by atomic mass is 79.9. The summed E-state index contributed by atoms with van der Waals surface area (Å²) in [5.41, 5.74) is 1.04. The molecule has 5 unspecified atom stereocenters. The van der Waals surface area contributed by atoms with Gasteiger partial charge in [0, 0.05) is 22.4 Å². The second-order valence-corrected chi connectivity index (χ2v) is 9.88. The number of halogens is 4. The van der Waals surface area contributed by atoms with Crippen molar-refractivity contribution in [2.45, 2.75) is 54.4 Å². The van der Waals surface area contributed by atoms with Crippen molar-refractivity contribution in [2.24, 2.45) is 16.8 Å². The van der Waals surface area contributed by atoms with Gasteiger partial charge in [0.25, 0.3) is 0 Å². The summed E-state index contributed by atoms with van der Waals surface area (Å²) in [7, 11) is 0. The van der Waals surface area contributed by atoms with Gasteiger partial charge >= 0.3 is 6.18 Å². The van der Waals surface area contributed by atoms with Gasteiger partial charge in [-0.05, 0) is 37.7 Å². The fourth-order valence-electron chi connectivity index (χ4n) is 4.34. The maximum absolute atomic E-state index is 13.1. The van der Waals surface area contributed by atoms with Crippen LogP contribution in [-0.2, 0) is 4.79 Å². The summed E-state index contributed by atoms with van der Waals surface area (Å²) in [6.07, 6.45) is 0.0842. The molecule has 3 heterocycles. The number of alkyl halides is 4. The molecule has 5 atom stereocenters. The number of nitrogens with zero attached hydrogens (tertiary/aromatic N) is 2. The van der Waals surface area contributed by atoms with Gasteiger partial charge < -0.3 is 0 Å². The van der Waals surface area contributed by atoms with Crippen LogP contribution in [0.25, 0.3) is 0 Å². The van der Waals surface area contributed by atoms with Crippen molar-refractivity contribution >= 4 is 39.4 Å². The van der Waals surface area contributed by atoms with Crippen LogP contribution in [0.2, 0.25) is 0 Å². The Balaban J connectivity index is 1.58. The van der Waals surface area contributed by atoms with Crippen molar-refractivity contribution < 1.29 is 18.0 Å². The number of fused-ring (bicyclic) bond motifs is 2. The van der Waals surface area contributed by atoms with Crippen LogP contribution in [0.4, 0.5) is 13.2 Å². The third-order valence-corrected chi connectivity index (χ3v) is 8.14. The van der Waals surface area contributed by atoms with E-state index in [0.29, 0.717) is 28.9 Å². The Labute approximate surface area is 157 Å². The van der Waals surface area contributed by atoms with Crippen LogP contribution >= 0.6 is 27.7 Å². The topological polar surface area (TPSA) is 32.7 Å². The largest absolute Gasteiger partial charge is 0.391 e. The zero-order chi connectivity index (χ0) is 17.8. The highest BCUT2D eigenvalue weighted by Gasteiger charge is 2.50. The van der Waals surface area contributed by atoms with Crippen molar-refractivity contribution in [3.63, 3.8) is 0 Å². The molecular formula is C17H20BrF3N2OS. The quantitative estimate of drug-likeness (QED) is 0.577. The zero-order valence-electron chi connectivity index (χ0n) is 13.6.